The zero-order chi connectivity index (χ0) is 23.3. The number of carbonyl (C=O) groups excluding carboxylic acids is 1. The molecule has 6 aliphatic rings. The lowest BCUT2D eigenvalue weighted by Crippen LogP contribution is -2.55. The molecule has 6 saturated carbocycles. The van der Waals surface area contributed by atoms with Gasteiger partial charge < -0.3 is 19.7 Å². The van der Waals surface area contributed by atoms with Crippen LogP contribution in [0, 0.1) is 29.1 Å². The quantitative estimate of drug-likeness (QED) is 0.513. The number of hydrogen-bond acceptors (Lipinski definition) is 6. The molecule has 7 nitrogen and oxygen atoms in total. The van der Waals surface area contributed by atoms with Crippen molar-refractivity contribution in [3.63, 3.8) is 0 Å². The molecular formula is C26H36N2O5S. The number of thioether (sulfide) groups is 1. The third kappa shape index (κ3) is 4.14. The molecule has 2 N–H and O–H groups in total. The number of aromatic nitrogens is 1. The van der Waals surface area contributed by atoms with Crippen LogP contribution in [0.3, 0.4) is 0 Å². The molecule has 6 fully saturated rings. The molecule has 0 aliphatic heterocycles. The highest BCUT2D eigenvalue weighted by molar-refractivity contribution is 8.00. The van der Waals surface area contributed by atoms with Crippen molar-refractivity contribution in [2.24, 2.45) is 29.1 Å². The third-order valence-corrected chi connectivity index (χ3v) is 10.8. The summed E-state index contributed by atoms with van der Waals surface area (Å²) in [5.41, 5.74) is -0.839. The first kappa shape index (κ1) is 22.7. The molecule has 1 amide bonds. The monoisotopic (exact) mass is 488 g/mol. The largest absolute Gasteiger partial charge is 0.481 e. The standard InChI is InChI=1S/C26H36N2O5S/c29-23(27-20-17-10-15-9-16(12-17)13-18(20)11-15)21-22(34-19-5-2-1-3-6-19)24(28-33-21)32-14-26(25(30)31)7-4-8-26/h15-20H,1-14H2,(H,27,29)(H,30,31). The molecule has 1 aromatic heterocycles. The lowest BCUT2D eigenvalue weighted by molar-refractivity contribution is -0.157. The topological polar surface area (TPSA) is 102 Å². The van der Waals surface area contributed by atoms with Crippen molar-refractivity contribution in [1.82, 2.24) is 10.5 Å². The van der Waals surface area contributed by atoms with Crippen molar-refractivity contribution in [3.8, 4) is 5.88 Å². The highest BCUT2D eigenvalue weighted by Gasteiger charge is 2.49. The van der Waals surface area contributed by atoms with Gasteiger partial charge in [0.1, 0.15) is 16.9 Å². The maximum Gasteiger partial charge on any atom is 0.313 e. The molecule has 1 heterocycles. The van der Waals surface area contributed by atoms with E-state index < -0.39 is 11.4 Å². The van der Waals surface area contributed by atoms with E-state index in [2.05, 4.69) is 10.5 Å². The Balaban J connectivity index is 1.20. The Bertz CT molecular complexity index is 908. The van der Waals surface area contributed by atoms with Crippen molar-refractivity contribution >= 4 is 23.6 Å². The highest BCUT2D eigenvalue weighted by atomic mass is 32.2. The molecule has 7 rings (SSSR count). The third-order valence-electron chi connectivity index (χ3n) is 9.44. The number of nitrogens with one attached hydrogen (secondary N) is 1. The van der Waals surface area contributed by atoms with Crippen molar-refractivity contribution in [1.29, 1.82) is 0 Å². The van der Waals surface area contributed by atoms with E-state index in [1.165, 1.54) is 51.4 Å². The molecular weight excluding hydrogens is 452 g/mol. The summed E-state index contributed by atoms with van der Waals surface area (Å²) in [5, 5.41) is 17.6. The summed E-state index contributed by atoms with van der Waals surface area (Å²) in [4.78, 5) is 25.9. The maximum absolute atomic E-state index is 13.5. The van der Waals surface area contributed by atoms with Crippen LogP contribution in [-0.4, -0.2) is 40.0 Å². The Hall–Kier alpha value is -1.70. The van der Waals surface area contributed by atoms with E-state index in [4.69, 9.17) is 9.26 Å². The normalized spacial score (nSPS) is 33.9. The highest BCUT2D eigenvalue weighted by Crippen LogP contribution is 2.54. The lowest BCUT2D eigenvalue weighted by atomic mass is 9.54. The summed E-state index contributed by atoms with van der Waals surface area (Å²) in [5.74, 6) is 2.41. The maximum atomic E-state index is 13.5. The molecule has 186 valence electrons. The van der Waals surface area contributed by atoms with Gasteiger partial charge in [-0.2, -0.15) is 0 Å². The summed E-state index contributed by atoms with van der Waals surface area (Å²) < 4.78 is 11.6. The van der Waals surface area contributed by atoms with Gasteiger partial charge in [-0.05, 0) is 86.6 Å². The SMILES string of the molecule is O=C(NC1C2CC3CC(C2)CC1C3)c1onc(OCC2(C(=O)O)CCC2)c1SC1CCCCC1. The van der Waals surface area contributed by atoms with Gasteiger partial charge in [0.2, 0.25) is 5.76 Å². The van der Waals surface area contributed by atoms with Gasteiger partial charge in [-0.25, -0.2) is 0 Å². The Labute approximate surface area is 205 Å². The zero-order valence-electron chi connectivity index (χ0n) is 19.8. The molecule has 0 aromatic carbocycles. The van der Waals surface area contributed by atoms with Gasteiger partial charge in [-0.15, -0.1) is 11.8 Å². The number of carboxylic acid groups (broad SMARTS) is 1. The van der Waals surface area contributed by atoms with Crippen LogP contribution in [-0.2, 0) is 4.79 Å². The van der Waals surface area contributed by atoms with Crippen molar-refractivity contribution in [3.05, 3.63) is 5.76 Å². The fourth-order valence-corrected chi connectivity index (χ4v) is 8.90. The van der Waals surface area contributed by atoms with E-state index in [0.717, 1.165) is 31.1 Å². The number of nitrogens with zero attached hydrogens (tertiary/aromatic N) is 1. The van der Waals surface area contributed by atoms with Gasteiger partial charge in [0.25, 0.3) is 11.8 Å². The van der Waals surface area contributed by atoms with E-state index in [1.807, 2.05) is 0 Å². The minimum atomic E-state index is -0.839. The van der Waals surface area contributed by atoms with Crippen LogP contribution in [0.15, 0.2) is 9.42 Å². The molecule has 0 atom stereocenters. The minimum Gasteiger partial charge on any atom is -0.481 e. The Kier molecular flexibility index (Phi) is 6.06. The summed E-state index contributed by atoms with van der Waals surface area (Å²) in [6, 6.07) is 0.229. The van der Waals surface area contributed by atoms with E-state index in [0.29, 0.717) is 40.7 Å². The van der Waals surface area contributed by atoms with Crippen LogP contribution < -0.4 is 10.1 Å². The molecule has 0 spiro atoms. The number of hydrogen-bond donors (Lipinski definition) is 2. The Morgan fingerprint density at radius 3 is 2.29 bits per heavy atom. The van der Waals surface area contributed by atoms with Crippen LogP contribution in [0.2, 0.25) is 0 Å². The van der Waals surface area contributed by atoms with Crippen LogP contribution in [0.1, 0.15) is 94.0 Å². The first-order valence-electron chi connectivity index (χ1n) is 13.3. The molecule has 4 bridgehead atoms. The van der Waals surface area contributed by atoms with Crippen LogP contribution >= 0.6 is 11.8 Å². The number of carboxylic acids is 1. The van der Waals surface area contributed by atoms with Gasteiger partial charge in [-0.3, -0.25) is 9.59 Å². The number of carbonyl (C=O) groups is 2. The van der Waals surface area contributed by atoms with Crippen LogP contribution in [0.4, 0.5) is 0 Å². The van der Waals surface area contributed by atoms with E-state index in [1.54, 1.807) is 11.8 Å². The number of ether oxygens (including phenoxy) is 1. The summed E-state index contributed by atoms with van der Waals surface area (Å²) in [6.45, 7) is 0.0731. The van der Waals surface area contributed by atoms with Gasteiger partial charge in [0.15, 0.2) is 0 Å². The van der Waals surface area contributed by atoms with E-state index in [9.17, 15) is 14.7 Å². The fourth-order valence-electron chi connectivity index (χ4n) is 7.56. The zero-order valence-corrected chi connectivity index (χ0v) is 20.6. The Morgan fingerprint density at radius 1 is 1.03 bits per heavy atom. The molecule has 0 saturated heterocycles. The Morgan fingerprint density at radius 2 is 1.71 bits per heavy atom. The summed E-state index contributed by atoms with van der Waals surface area (Å²) >= 11 is 1.64. The van der Waals surface area contributed by atoms with Crippen molar-refractivity contribution in [2.45, 2.75) is 99.7 Å². The average Bonchev–Trinajstić information content (AvgIpc) is 3.18. The summed E-state index contributed by atoms with van der Waals surface area (Å²) in [7, 11) is 0. The second kappa shape index (κ2) is 9.07. The minimum absolute atomic E-state index is 0.0731. The first-order chi connectivity index (χ1) is 16.5. The van der Waals surface area contributed by atoms with Crippen LogP contribution in [0.25, 0.3) is 0 Å². The van der Waals surface area contributed by atoms with Gasteiger partial charge in [0.05, 0.1) is 0 Å². The predicted molar refractivity (Wildman–Crippen MR) is 127 cm³/mol. The summed E-state index contributed by atoms with van der Waals surface area (Å²) in [6.07, 6.45) is 14.3. The van der Waals surface area contributed by atoms with Crippen molar-refractivity contribution in [2.75, 3.05) is 6.61 Å². The molecule has 1 aromatic rings. The predicted octanol–water partition coefficient (Wildman–Crippen LogP) is 5.29. The average molecular weight is 489 g/mol. The van der Waals surface area contributed by atoms with E-state index in [-0.39, 0.29) is 24.3 Å². The molecule has 34 heavy (non-hydrogen) atoms. The first-order valence-corrected chi connectivity index (χ1v) is 14.2. The molecule has 0 radical (unpaired) electrons. The number of rotatable bonds is 8. The molecule has 0 unspecified atom stereocenters. The second-order valence-corrected chi connectivity index (χ2v) is 13.0. The van der Waals surface area contributed by atoms with Crippen LogP contribution in [0.5, 0.6) is 5.88 Å². The molecule has 6 aliphatic carbocycles. The van der Waals surface area contributed by atoms with Gasteiger partial charge >= 0.3 is 5.97 Å². The van der Waals surface area contributed by atoms with Gasteiger partial charge in [-0.1, -0.05) is 25.7 Å². The number of aliphatic carboxylic acids is 1. The van der Waals surface area contributed by atoms with Crippen molar-refractivity contribution < 1.29 is 24.0 Å². The lowest BCUT2D eigenvalue weighted by Gasteiger charge is -2.54. The molecule has 8 heteroatoms. The van der Waals surface area contributed by atoms with Gasteiger partial charge in [0, 0.05) is 11.3 Å². The smallest absolute Gasteiger partial charge is 0.313 e. The second-order valence-electron chi connectivity index (χ2n) is 11.7. The number of amides is 1. The van der Waals surface area contributed by atoms with E-state index >= 15 is 0 Å². The fraction of sp³-hybridized carbons (Fsp3) is 0.808.